The molecule has 2 aromatic carbocycles. The molecule has 0 amide bonds. The average molecular weight is 424 g/mol. The van der Waals surface area contributed by atoms with Crippen molar-refractivity contribution in [2.45, 2.75) is 18.4 Å². The number of aryl methyl sites for hydroxylation is 1. The summed E-state index contributed by atoms with van der Waals surface area (Å²) in [5, 5.41) is 0. The smallest absolute Gasteiger partial charge is 0.339 e. The Balaban J connectivity index is 2.03. The van der Waals surface area contributed by atoms with Crippen LogP contribution in [0.5, 0.6) is 0 Å². The molecule has 0 fully saturated rings. The Hall–Kier alpha value is -2.20. The Morgan fingerprint density at radius 2 is 1.61 bits per heavy atom. The van der Waals surface area contributed by atoms with Gasteiger partial charge in [-0.1, -0.05) is 30.3 Å². The van der Waals surface area contributed by atoms with E-state index in [1.54, 1.807) is 31.2 Å². The second-order valence-corrected chi connectivity index (χ2v) is 8.17. The van der Waals surface area contributed by atoms with Crippen LogP contribution in [-0.2, 0) is 43.2 Å². The van der Waals surface area contributed by atoms with E-state index in [0.717, 1.165) is 5.56 Å². The standard InChI is InChI=1S/C19H17FO6S2/c1-11-6-13(3-4-14(11)9-27(22)23)18-16(8-26-19(18)21)12-2-5-15(10-28(24)25)17(20)7-12/h2-7H,8-10H2,1H3,(H,22,23)(H,24,25). The molecular formula is C19H17FO6S2. The number of hydrogen-bond acceptors (Lipinski definition) is 4. The molecule has 0 spiro atoms. The van der Waals surface area contributed by atoms with E-state index in [9.17, 15) is 17.6 Å². The number of halogens is 1. The van der Waals surface area contributed by atoms with Crippen molar-refractivity contribution >= 4 is 39.3 Å². The Labute approximate surface area is 166 Å². The normalized spacial score (nSPS) is 16.2. The first-order chi connectivity index (χ1) is 13.3. The van der Waals surface area contributed by atoms with E-state index in [1.165, 1.54) is 12.1 Å². The molecule has 6 nitrogen and oxygen atoms in total. The highest BCUT2D eigenvalue weighted by Gasteiger charge is 2.28. The lowest BCUT2D eigenvalue weighted by atomic mass is 9.94. The predicted octanol–water partition coefficient (Wildman–Crippen LogP) is 3.05. The topological polar surface area (TPSA) is 101 Å². The van der Waals surface area contributed by atoms with Gasteiger partial charge < -0.3 is 13.8 Å². The number of ether oxygens (including phenoxy) is 1. The molecule has 2 aromatic rings. The molecule has 2 atom stereocenters. The lowest BCUT2D eigenvalue weighted by Crippen LogP contribution is -2.01. The summed E-state index contributed by atoms with van der Waals surface area (Å²) >= 11 is -4.13. The third-order valence-electron chi connectivity index (χ3n) is 4.44. The van der Waals surface area contributed by atoms with Crippen molar-refractivity contribution < 1.29 is 31.4 Å². The van der Waals surface area contributed by atoms with Crippen LogP contribution in [0.2, 0.25) is 0 Å². The summed E-state index contributed by atoms with van der Waals surface area (Å²) < 4.78 is 59.4. The minimum Gasteiger partial charge on any atom is -0.457 e. The largest absolute Gasteiger partial charge is 0.457 e. The van der Waals surface area contributed by atoms with Gasteiger partial charge in [-0.15, -0.1) is 0 Å². The van der Waals surface area contributed by atoms with Crippen LogP contribution in [-0.4, -0.2) is 30.1 Å². The van der Waals surface area contributed by atoms with Crippen molar-refractivity contribution in [2.75, 3.05) is 6.61 Å². The lowest BCUT2D eigenvalue weighted by molar-refractivity contribution is -0.133. The van der Waals surface area contributed by atoms with Crippen LogP contribution in [0.25, 0.3) is 11.1 Å². The summed E-state index contributed by atoms with van der Waals surface area (Å²) in [5.41, 5.74) is 3.38. The summed E-state index contributed by atoms with van der Waals surface area (Å²) in [6.45, 7) is 1.76. The van der Waals surface area contributed by atoms with Crippen molar-refractivity contribution in [3.05, 3.63) is 70.0 Å². The summed E-state index contributed by atoms with van der Waals surface area (Å²) in [7, 11) is 0. The molecule has 1 aliphatic rings. The first kappa shape index (κ1) is 20.5. The summed E-state index contributed by atoms with van der Waals surface area (Å²) in [6.07, 6.45) is 0. The molecule has 0 bridgehead atoms. The number of carbonyl (C=O) groups excluding carboxylic acids is 1. The Kier molecular flexibility index (Phi) is 6.19. The number of cyclic esters (lactones) is 1. The van der Waals surface area contributed by atoms with Crippen LogP contribution in [0, 0.1) is 12.7 Å². The molecule has 148 valence electrons. The summed E-state index contributed by atoms with van der Waals surface area (Å²) in [4.78, 5) is 12.3. The number of esters is 1. The van der Waals surface area contributed by atoms with Gasteiger partial charge in [-0.2, -0.15) is 0 Å². The van der Waals surface area contributed by atoms with Crippen molar-refractivity contribution in [1.29, 1.82) is 0 Å². The van der Waals surface area contributed by atoms with E-state index < -0.39 is 33.9 Å². The fraction of sp³-hybridized carbons (Fsp3) is 0.211. The van der Waals surface area contributed by atoms with Gasteiger partial charge in [0, 0.05) is 11.1 Å². The minimum absolute atomic E-state index is 0.0125. The maximum atomic E-state index is 14.3. The van der Waals surface area contributed by atoms with E-state index in [4.69, 9.17) is 13.8 Å². The fourth-order valence-corrected chi connectivity index (χ4v) is 4.15. The van der Waals surface area contributed by atoms with Crippen molar-refractivity contribution in [1.82, 2.24) is 0 Å². The number of benzene rings is 2. The molecule has 2 unspecified atom stereocenters. The summed E-state index contributed by atoms with van der Waals surface area (Å²) in [5.74, 6) is -1.50. The van der Waals surface area contributed by atoms with Gasteiger partial charge in [0.15, 0.2) is 22.2 Å². The molecule has 28 heavy (non-hydrogen) atoms. The van der Waals surface area contributed by atoms with E-state index in [0.29, 0.717) is 27.8 Å². The molecule has 0 aliphatic carbocycles. The molecule has 0 radical (unpaired) electrons. The summed E-state index contributed by atoms with van der Waals surface area (Å²) in [6, 6.07) is 9.28. The van der Waals surface area contributed by atoms with Crippen LogP contribution in [0.1, 0.15) is 27.8 Å². The molecular weight excluding hydrogens is 407 g/mol. The predicted molar refractivity (Wildman–Crippen MR) is 104 cm³/mol. The van der Waals surface area contributed by atoms with Crippen molar-refractivity contribution in [3.63, 3.8) is 0 Å². The monoisotopic (exact) mass is 424 g/mol. The third-order valence-corrected chi connectivity index (χ3v) is 5.56. The molecule has 0 saturated carbocycles. The fourth-order valence-electron chi connectivity index (χ4n) is 3.06. The van der Waals surface area contributed by atoms with E-state index in [2.05, 4.69) is 0 Å². The first-order valence-electron chi connectivity index (χ1n) is 8.20. The van der Waals surface area contributed by atoms with Gasteiger partial charge in [0.1, 0.15) is 12.4 Å². The first-order valence-corrected chi connectivity index (χ1v) is 10.8. The molecule has 0 aromatic heterocycles. The van der Waals surface area contributed by atoms with Gasteiger partial charge in [0.25, 0.3) is 0 Å². The molecule has 1 heterocycles. The quantitative estimate of drug-likeness (QED) is 0.546. The second-order valence-electron chi connectivity index (χ2n) is 6.31. The zero-order valence-corrected chi connectivity index (χ0v) is 16.4. The van der Waals surface area contributed by atoms with Crippen LogP contribution in [0.4, 0.5) is 4.39 Å². The Morgan fingerprint density at radius 1 is 1.00 bits per heavy atom. The average Bonchev–Trinajstić information content (AvgIpc) is 2.99. The molecule has 0 saturated heterocycles. The van der Waals surface area contributed by atoms with Crippen LogP contribution < -0.4 is 0 Å². The highest BCUT2D eigenvalue weighted by atomic mass is 32.2. The Morgan fingerprint density at radius 3 is 2.21 bits per heavy atom. The third kappa shape index (κ3) is 4.44. The maximum absolute atomic E-state index is 14.3. The number of rotatable bonds is 6. The maximum Gasteiger partial charge on any atom is 0.339 e. The second kappa shape index (κ2) is 8.44. The van der Waals surface area contributed by atoms with Crippen LogP contribution >= 0.6 is 0 Å². The van der Waals surface area contributed by atoms with Crippen molar-refractivity contribution in [3.8, 4) is 0 Å². The zero-order valence-electron chi connectivity index (χ0n) is 14.8. The number of hydrogen-bond donors (Lipinski definition) is 2. The van der Waals surface area contributed by atoms with Crippen LogP contribution in [0.3, 0.4) is 0 Å². The van der Waals surface area contributed by atoms with Gasteiger partial charge in [-0.3, -0.25) is 0 Å². The minimum atomic E-state index is -2.16. The SMILES string of the molecule is Cc1cc(C2=C(c3ccc(CS(=O)O)c(F)c3)COC2=O)ccc1CS(=O)O. The van der Waals surface area contributed by atoms with Gasteiger partial charge in [-0.05, 0) is 35.2 Å². The zero-order chi connectivity index (χ0) is 20.4. The van der Waals surface area contributed by atoms with Gasteiger partial charge in [-0.25, -0.2) is 17.6 Å². The highest BCUT2D eigenvalue weighted by molar-refractivity contribution is 7.78. The molecule has 1 aliphatic heterocycles. The molecule has 2 N–H and O–H groups in total. The van der Waals surface area contributed by atoms with E-state index in [-0.39, 0.29) is 23.7 Å². The van der Waals surface area contributed by atoms with Gasteiger partial charge >= 0.3 is 5.97 Å². The van der Waals surface area contributed by atoms with E-state index >= 15 is 0 Å². The Bertz CT molecular complexity index is 1030. The van der Waals surface area contributed by atoms with Gasteiger partial charge in [0.05, 0.1) is 17.1 Å². The highest BCUT2D eigenvalue weighted by Crippen LogP contribution is 2.34. The lowest BCUT2D eigenvalue weighted by Gasteiger charge is -2.09. The molecule has 9 heteroatoms. The van der Waals surface area contributed by atoms with Crippen molar-refractivity contribution in [2.24, 2.45) is 0 Å². The molecule has 3 rings (SSSR count). The van der Waals surface area contributed by atoms with E-state index in [1.807, 2.05) is 0 Å². The number of carbonyl (C=O) groups is 1. The van der Waals surface area contributed by atoms with Crippen LogP contribution in [0.15, 0.2) is 36.4 Å². The van der Waals surface area contributed by atoms with Gasteiger partial charge in [0.2, 0.25) is 0 Å².